The third-order valence-corrected chi connectivity index (χ3v) is 2.04. The van der Waals surface area contributed by atoms with Crippen molar-refractivity contribution in [1.29, 1.82) is 0 Å². The lowest BCUT2D eigenvalue weighted by Crippen LogP contribution is -1.93. The minimum absolute atomic E-state index is 0. The molecule has 1 radical (unpaired) electrons. The number of rotatable bonds is 2. The number of hydrogen-bond acceptors (Lipinski definition) is 4. The molecule has 0 saturated carbocycles. The van der Waals surface area contributed by atoms with E-state index in [2.05, 4.69) is 0 Å². The van der Waals surface area contributed by atoms with Crippen molar-refractivity contribution in [3.05, 3.63) is 71.8 Å². The number of carbonyl (C=O) groups is 2. The van der Waals surface area contributed by atoms with E-state index in [1.165, 1.54) is 0 Å². The summed E-state index contributed by atoms with van der Waals surface area (Å²) in [7, 11) is 0. The van der Waals surface area contributed by atoms with Gasteiger partial charge in [0.25, 0.3) is 0 Å². The van der Waals surface area contributed by atoms with Crippen molar-refractivity contribution in [3.63, 3.8) is 0 Å². The van der Waals surface area contributed by atoms with Crippen LogP contribution < -0.4 is 0 Å². The Balaban J connectivity index is 0.000000322. The van der Waals surface area contributed by atoms with Crippen LogP contribution in [0.5, 0.6) is 0 Å². The Kier molecular flexibility index (Phi) is 9.81. The predicted molar refractivity (Wildman–Crippen MR) is 77.0 cm³/mol. The minimum atomic E-state index is -0.879. The molecule has 21 heavy (non-hydrogen) atoms. The van der Waals surface area contributed by atoms with Gasteiger partial charge in [0.2, 0.25) is 0 Å². The molecule has 0 fully saturated rings. The topological polar surface area (TPSA) is 115 Å². The van der Waals surface area contributed by atoms with E-state index in [1.807, 2.05) is 0 Å². The quantitative estimate of drug-likeness (QED) is 0.619. The number of hydrogen-bond donors (Lipinski definition) is 4. The van der Waals surface area contributed by atoms with Gasteiger partial charge in [0.05, 0.1) is 11.1 Å². The van der Waals surface area contributed by atoms with Gasteiger partial charge in [0.15, 0.2) is 0 Å². The van der Waals surface area contributed by atoms with Crippen molar-refractivity contribution >= 4 is 19.6 Å². The zero-order chi connectivity index (χ0) is 16.1. The highest BCUT2D eigenvalue weighted by Gasteiger charge is 1.97. The second-order valence-corrected chi connectivity index (χ2v) is 3.46. The summed E-state index contributed by atoms with van der Waals surface area (Å²) < 4.78 is 0. The number of aromatic carboxylic acids is 2. The third kappa shape index (κ3) is 8.98. The first-order valence-corrected chi connectivity index (χ1v) is 5.69. The van der Waals surface area contributed by atoms with Gasteiger partial charge in [0.1, 0.15) is 0 Å². The van der Waals surface area contributed by atoms with Gasteiger partial charge in [-0.1, -0.05) is 36.4 Å². The molecule has 0 aliphatic rings. The lowest BCUT2D eigenvalue weighted by Gasteiger charge is -1.88. The monoisotopic (exact) mass is 289 g/mol. The standard InChI is InChI=1S/2C7H6O2.BH2O2/c2*8-7(9)6-4-2-1-3-5-6;2-1-3/h2*1-5H,(H,8,9);2-3H. The van der Waals surface area contributed by atoms with E-state index in [4.69, 9.17) is 20.3 Å². The van der Waals surface area contributed by atoms with Crippen molar-refractivity contribution in [3.8, 4) is 0 Å². The average molecular weight is 289 g/mol. The number of carboxylic acids is 2. The molecule has 0 saturated heterocycles. The molecule has 0 spiro atoms. The minimum Gasteiger partial charge on any atom is -0.478 e. The molecule has 2 aromatic rings. The van der Waals surface area contributed by atoms with Crippen LogP contribution >= 0.6 is 0 Å². The summed E-state index contributed by atoms with van der Waals surface area (Å²) >= 11 is 0. The predicted octanol–water partition coefficient (Wildman–Crippen LogP) is 1.27. The van der Waals surface area contributed by atoms with Gasteiger partial charge < -0.3 is 20.3 Å². The van der Waals surface area contributed by atoms with Crippen LogP contribution in [0.4, 0.5) is 0 Å². The highest BCUT2D eigenvalue weighted by atomic mass is 16.4. The highest BCUT2D eigenvalue weighted by molar-refractivity contribution is 6.13. The number of benzene rings is 2. The van der Waals surface area contributed by atoms with Crippen LogP contribution in [0.2, 0.25) is 0 Å². The van der Waals surface area contributed by atoms with Crippen LogP contribution in [0.15, 0.2) is 60.7 Å². The summed E-state index contributed by atoms with van der Waals surface area (Å²) in [6.45, 7) is 0. The Bertz CT molecular complexity index is 480. The van der Waals surface area contributed by atoms with Gasteiger partial charge >= 0.3 is 19.6 Å². The first kappa shape index (κ1) is 18.4. The summed E-state index contributed by atoms with van der Waals surface area (Å²) in [5, 5.41) is 30.8. The molecule has 2 rings (SSSR count). The largest absolute Gasteiger partial charge is 0.482 e. The molecule has 0 atom stereocenters. The summed E-state index contributed by atoms with van der Waals surface area (Å²) in [5.74, 6) is -1.76. The molecule has 0 heterocycles. The van der Waals surface area contributed by atoms with Crippen molar-refractivity contribution in [2.24, 2.45) is 0 Å². The van der Waals surface area contributed by atoms with E-state index in [0.717, 1.165) is 0 Å². The van der Waals surface area contributed by atoms with Gasteiger partial charge in [-0.15, -0.1) is 0 Å². The molecule has 2 aromatic carbocycles. The molecule has 0 amide bonds. The maximum absolute atomic E-state index is 10.2. The molecule has 0 unspecified atom stereocenters. The zero-order valence-corrected chi connectivity index (χ0v) is 11.0. The van der Waals surface area contributed by atoms with E-state index in [-0.39, 0.29) is 7.69 Å². The average Bonchev–Trinajstić information content (AvgIpc) is 2.50. The molecular formula is C14H14BO6. The van der Waals surface area contributed by atoms with Gasteiger partial charge in [-0.05, 0) is 24.3 Å². The van der Waals surface area contributed by atoms with Crippen molar-refractivity contribution in [2.45, 2.75) is 0 Å². The fraction of sp³-hybridized carbons (Fsp3) is 0. The molecular weight excluding hydrogens is 275 g/mol. The van der Waals surface area contributed by atoms with Gasteiger partial charge in [-0.2, -0.15) is 0 Å². The SMILES string of the molecule is O=C(O)c1ccccc1.O=C(O)c1ccccc1.O[B]O. The summed E-state index contributed by atoms with van der Waals surface area (Å²) in [4.78, 5) is 20.4. The van der Waals surface area contributed by atoms with Gasteiger partial charge in [0, 0.05) is 0 Å². The molecule has 6 nitrogen and oxygen atoms in total. The van der Waals surface area contributed by atoms with Crippen LogP contribution in [0.25, 0.3) is 0 Å². The fourth-order valence-electron chi connectivity index (χ4n) is 1.16. The second kappa shape index (κ2) is 11.2. The normalized spacial score (nSPS) is 8.29. The molecule has 0 bridgehead atoms. The Morgan fingerprint density at radius 3 is 1.05 bits per heavy atom. The van der Waals surface area contributed by atoms with Crippen molar-refractivity contribution < 1.29 is 29.9 Å². The van der Waals surface area contributed by atoms with Crippen LogP contribution in [-0.4, -0.2) is 39.9 Å². The van der Waals surface area contributed by atoms with Crippen molar-refractivity contribution in [2.75, 3.05) is 0 Å². The maximum Gasteiger partial charge on any atom is 0.482 e. The lowest BCUT2D eigenvalue weighted by molar-refractivity contribution is 0.0686. The molecule has 109 valence electrons. The van der Waals surface area contributed by atoms with Crippen LogP contribution in [-0.2, 0) is 0 Å². The van der Waals surface area contributed by atoms with Gasteiger partial charge in [-0.3, -0.25) is 0 Å². The highest BCUT2D eigenvalue weighted by Crippen LogP contribution is 1.96. The second-order valence-electron chi connectivity index (χ2n) is 3.46. The van der Waals surface area contributed by atoms with E-state index in [1.54, 1.807) is 60.7 Å². The molecule has 4 N–H and O–H groups in total. The Labute approximate surface area is 122 Å². The molecule has 0 aliphatic carbocycles. The smallest absolute Gasteiger partial charge is 0.478 e. The molecule has 0 aliphatic heterocycles. The Morgan fingerprint density at radius 2 is 0.905 bits per heavy atom. The first-order chi connectivity index (χ1) is 10.0. The first-order valence-electron chi connectivity index (χ1n) is 5.69. The maximum atomic E-state index is 10.2. The molecule has 0 aromatic heterocycles. The Hall–Kier alpha value is -2.64. The van der Waals surface area contributed by atoms with Crippen LogP contribution in [0.1, 0.15) is 20.7 Å². The summed E-state index contributed by atoms with van der Waals surface area (Å²) in [6, 6.07) is 16.6. The summed E-state index contributed by atoms with van der Waals surface area (Å²) in [6.07, 6.45) is 0. The van der Waals surface area contributed by atoms with Crippen LogP contribution in [0, 0.1) is 0 Å². The van der Waals surface area contributed by atoms with E-state index >= 15 is 0 Å². The zero-order valence-electron chi connectivity index (χ0n) is 11.0. The summed E-state index contributed by atoms with van der Waals surface area (Å²) in [5.41, 5.74) is 0.662. The third-order valence-electron chi connectivity index (χ3n) is 2.04. The van der Waals surface area contributed by atoms with Gasteiger partial charge in [-0.25, -0.2) is 9.59 Å². The number of carboxylic acid groups (broad SMARTS) is 2. The van der Waals surface area contributed by atoms with Crippen molar-refractivity contribution in [1.82, 2.24) is 0 Å². The fourth-order valence-corrected chi connectivity index (χ4v) is 1.16. The molecule has 7 heteroatoms. The van der Waals surface area contributed by atoms with E-state index in [9.17, 15) is 9.59 Å². The lowest BCUT2D eigenvalue weighted by atomic mass is 10.2. The van der Waals surface area contributed by atoms with E-state index < -0.39 is 11.9 Å². The van der Waals surface area contributed by atoms with E-state index in [0.29, 0.717) is 11.1 Å². The Morgan fingerprint density at radius 1 is 0.667 bits per heavy atom. The van der Waals surface area contributed by atoms with Crippen LogP contribution in [0.3, 0.4) is 0 Å².